The van der Waals surface area contributed by atoms with Gasteiger partial charge < -0.3 is 10.00 Å². The van der Waals surface area contributed by atoms with E-state index in [-0.39, 0.29) is 5.41 Å². The molecule has 1 aliphatic rings. The van der Waals surface area contributed by atoms with Crippen LogP contribution in [-0.2, 0) is 9.05 Å². The first-order valence-electron chi connectivity index (χ1n) is 5.68. The van der Waals surface area contributed by atoms with Crippen LogP contribution in [0.5, 0.6) is 0 Å². The zero-order valence-corrected chi connectivity index (χ0v) is 12.6. The second-order valence-corrected chi connectivity index (χ2v) is 8.52. The number of hydrogen-bond acceptors (Lipinski definition) is 4. The van der Waals surface area contributed by atoms with Crippen molar-refractivity contribution in [3.8, 4) is 0 Å². The molecule has 1 N–H and O–H groups in total. The Bertz CT molecular complexity index is 339. The van der Waals surface area contributed by atoms with E-state index in [1.54, 1.807) is 6.08 Å². The van der Waals surface area contributed by atoms with E-state index >= 15 is 0 Å². The molecule has 1 heterocycles. The first-order chi connectivity index (χ1) is 7.36. The highest BCUT2D eigenvalue weighted by Gasteiger charge is 2.60. The van der Waals surface area contributed by atoms with E-state index in [1.807, 2.05) is 41.5 Å². The summed E-state index contributed by atoms with van der Waals surface area (Å²) in [5, 5.41) is 11.0. The molecule has 0 radical (unpaired) electrons. The highest BCUT2D eigenvalue weighted by Crippen LogP contribution is 2.72. The second-order valence-electron chi connectivity index (χ2n) is 6.50. The average molecular weight is 262 g/mol. The molecule has 0 aromatic carbocycles. The van der Waals surface area contributed by atoms with E-state index in [9.17, 15) is 10.00 Å². The Morgan fingerprint density at radius 1 is 1.29 bits per heavy atom. The number of allylic oxidation sites excluding steroid dienone is 1. The van der Waals surface area contributed by atoms with Crippen LogP contribution in [0.2, 0.25) is 0 Å². The van der Waals surface area contributed by atoms with E-state index in [1.165, 1.54) is 7.11 Å². The predicted octanol–water partition coefficient (Wildman–Crippen LogP) is 2.45. The third-order valence-corrected chi connectivity index (χ3v) is 5.36. The molecular formula is C12H23O4P. The van der Waals surface area contributed by atoms with Gasteiger partial charge in [0.25, 0.3) is 7.94 Å². The van der Waals surface area contributed by atoms with Gasteiger partial charge in [0.15, 0.2) is 0 Å². The van der Waals surface area contributed by atoms with Gasteiger partial charge in [-0.25, -0.2) is 4.52 Å². The molecule has 0 bridgehead atoms. The van der Waals surface area contributed by atoms with Crippen LogP contribution < -0.4 is 4.89 Å². The Labute approximate surface area is 104 Å². The maximum absolute atomic E-state index is 12.5. The van der Waals surface area contributed by atoms with Crippen LogP contribution in [-0.4, -0.2) is 18.0 Å². The zero-order chi connectivity index (χ0) is 13.7. The van der Waals surface area contributed by atoms with Crippen molar-refractivity contribution in [1.29, 1.82) is 0 Å². The molecule has 2 atom stereocenters. The molecule has 0 aliphatic carbocycles. The van der Waals surface area contributed by atoms with Crippen LogP contribution in [0.3, 0.4) is 0 Å². The standard InChI is InChI=1S/C12H23O4P/c1-10(2,3)9-8-12(13,11(4,5)6)16-17(9,14)15-7/h8,13H,1-7H3. The van der Waals surface area contributed by atoms with Crippen molar-refractivity contribution < 1.29 is 19.0 Å². The minimum atomic E-state index is -3.39. The zero-order valence-electron chi connectivity index (χ0n) is 11.7. The van der Waals surface area contributed by atoms with Crippen molar-refractivity contribution in [2.45, 2.75) is 47.3 Å². The number of rotatable bonds is 1. The van der Waals surface area contributed by atoms with Gasteiger partial charge in [-0.1, -0.05) is 41.5 Å². The minimum absolute atomic E-state index is 0.374. The van der Waals surface area contributed by atoms with Crippen LogP contribution in [0, 0.1) is 10.8 Å². The van der Waals surface area contributed by atoms with Gasteiger partial charge in [-0.3, -0.25) is 0 Å². The van der Waals surface area contributed by atoms with Crippen molar-refractivity contribution in [1.82, 2.24) is 0 Å². The third-order valence-electron chi connectivity index (χ3n) is 2.97. The molecule has 0 saturated carbocycles. The molecule has 0 spiro atoms. The van der Waals surface area contributed by atoms with E-state index in [4.69, 9.17) is 9.05 Å². The van der Waals surface area contributed by atoms with E-state index in [0.29, 0.717) is 5.31 Å². The molecule has 0 aromatic heterocycles. The fourth-order valence-electron chi connectivity index (χ4n) is 1.64. The Balaban J connectivity index is 3.28. The lowest BCUT2D eigenvalue weighted by Crippen LogP contribution is -2.41. The van der Waals surface area contributed by atoms with Gasteiger partial charge in [-0.05, 0) is 0 Å². The number of hydrogen-bond donors (Lipinski definition) is 1. The van der Waals surface area contributed by atoms with Crippen molar-refractivity contribution in [2.75, 3.05) is 7.11 Å². The van der Waals surface area contributed by atoms with Crippen LogP contribution >= 0.6 is 7.94 Å². The Morgan fingerprint density at radius 2 is 1.76 bits per heavy atom. The Morgan fingerprint density at radius 3 is 2.00 bits per heavy atom. The van der Waals surface area contributed by atoms with Crippen molar-refractivity contribution >= 4 is 7.94 Å². The highest BCUT2D eigenvalue weighted by molar-refractivity contribution is 7.64. The fourth-order valence-corrected chi connectivity index (χ4v) is 3.86. The molecule has 0 aromatic rings. The summed E-state index contributed by atoms with van der Waals surface area (Å²) in [5.41, 5.74) is -0.949. The molecule has 1 aliphatic heterocycles. The lowest BCUT2D eigenvalue weighted by Gasteiger charge is -2.35. The summed E-state index contributed by atoms with van der Waals surface area (Å²) in [7, 11) is -2.05. The van der Waals surface area contributed by atoms with Gasteiger partial charge in [0, 0.05) is 16.9 Å². The number of aliphatic hydroxyl groups is 1. The summed E-state index contributed by atoms with van der Waals surface area (Å²) in [6, 6.07) is 0. The molecule has 17 heavy (non-hydrogen) atoms. The lowest BCUT2D eigenvalue weighted by molar-refractivity contribution is -0.252. The van der Waals surface area contributed by atoms with Crippen LogP contribution in [0.15, 0.2) is 11.4 Å². The molecule has 0 fully saturated rings. The summed E-state index contributed by atoms with van der Waals surface area (Å²) < 4.78 is 10.4. The van der Waals surface area contributed by atoms with Gasteiger partial charge in [-0.2, -0.15) is 4.52 Å². The predicted molar refractivity (Wildman–Crippen MR) is 67.0 cm³/mol. The summed E-state index contributed by atoms with van der Waals surface area (Å²) in [4.78, 5) is 12.5. The van der Waals surface area contributed by atoms with Crippen LogP contribution in [0.25, 0.3) is 0 Å². The Hall–Kier alpha value is 0.0100. The van der Waals surface area contributed by atoms with Crippen molar-refractivity contribution in [3.63, 3.8) is 0 Å². The SMILES string of the molecule is CO[P+]1([O-])OC(O)(C(C)(C)C)C=C1C(C)(C)C. The molecule has 2 unspecified atom stereocenters. The van der Waals surface area contributed by atoms with Crippen molar-refractivity contribution in [2.24, 2.45) is 10.8 Å². The third kappa shape index (κ3) is 2.56. The smallest absolute Gasteiger partial charge is 0.271 e. The summed E-state index contributed by atoms with van der Waals surface area (Å²) in [6.07, 6.45) is 1.55. The largest absolute Gasteiger partial charge is 0.627 e. The molecule has 0 amide bonds. The summed E-state index contributed by atoms with van der Waals surface area (Å²) >= 11 is 0. The summed E-state index contributed by atoms with van der Waals surface area (Å²) in [5.74, 6) is -1.55. The maximum Gasteiger partial charge on any atom is 0.271 e. The minimum Gasteiger partial charge on any atom is -0.627 e. The van der Waals surface area contributed by atoms with Crippen LogP contribution in [0.1, 0.15) is 41.5 Å². The van der Waals surface area contributed by atoms with Gasteiger partial charge in [0.05, 0.1) is 7.11 Å². The van der Waals surface area contributed by atoms with Gasteiger partial charge in [0.1, 0.15) is 5.31 Å². The van der Waals surface area contributed by atoms with E-state index < -0.39 is 19.1 Å². The first-order valence-corrected chi connectivity index (χ1v) is 7.23. The normalized spacial score (nSPS) is 35.0. The fraction of sp³-hybridized carbons (Fsp3) is 0.833. The molecule has 1 rings (SSSR count). The van der Waals surface area contributed by atoms with E-state index in [2.05, 4.69) is 0 Å². The van der Waals surface area contributed by atoms with Gasteiger partial charge in [-0.15, -0.1) is 0 Å². The lowest BCUT2D eigenvalue weighted by atomic mass is 9.83. The van der Waals surface area contributed by atoms with Gasteiger partial charge >= 0.3 is 0 Å². The molecular weight excluding hydrogens is 239 g/mol. The maximum atomic E-state index is 12.5. The first kappa shape index (κ1) is 15.1. The Kier molecular flexibility index (Phi) is 3.55. The van der Waals surface area contributed by atoms with Crippen LogP contribution in [0.4, 0.5) is 0 Å². The van der Waals surface area contributed by atoms with Gasteiger partial charge in [0.2, 0.25) is 5.79 Å². The molecule has 4 nitrogen and oxygen atoms in total. The van der Waals surface area contributed by atoms with E-state index in [0.717, 1.165) is 0 Å². The van der Waals surface area contributed by atoms with Crippen molar-refractivity contribution in [3.05, 3.63) is 11.4 Å². The highest BCUT2D eigenvalue weighted by atomic mass is 31.2. The monoisotopic (exact) mass is 262 g/mol. The molecule has 100 valence electrons. The second kappa shape index (κ2) is 4.01. The molecule has 0 saturated heterocycles. The average Bonchev–Trinajstić information content (AvgIpc) is 2.39. The molecule has 5 heteroatoms. The summed E-state index contributed by atoms with van der Waals surface area (Å²) in [6.45, 7) is 11.2. The quantitative estimate of drug-likeness (QED) is 0.737. The topological polar surface area (TPSA) is 61.8 Å².